The van der Waals surface area contributed by atoms with Crippen LogP contribution in [-0.2, 0) is 19.7 Å². The summed E-state index contributed by atoms with van der Waals surface area (Å²) in [7, 11) is -2.05. The van der Waals surface area contributed by atoms with Gasteiger partial charge in [-0.15, -0.1) is 0 Å². The van der Waals surface area contributed by atoms with Gasteiger partial charge in [0.25, 0.3) is 10.2 Å². The maximum atomic E-state index is 12.3. The van der Waals surface area contributed by atoms with Crippen LogP contribution in [0.25, 0.3) is 0 Å². The second kappa shape index (κ2) is 6.41. The van der Waals surface area contributed by atoms with E-state index in [9.17, 15) is 13.2 Å². The minimum atomic E-state index is -3.41. The van der Waals surface area contributed by atoms with Crippen LogP contribution in [0.2, 0.25) is 0 Å². The minimum absolute atomic E-state index is 0.0633. The van der Waals surface area contributed by atoms with Crippen molar-refractivity contribution in [2.75, 3.05) is 20.2 Å². The number of piperidine rings is 1. The van der Waals surface area contributed by atoms with Crippen LogP contribution in [-0.4, -0.2) is 44.9 Å². The highest BCUT2D eigenvalue weighted by atomic mass is 32.2. The molecule has 0 aromatic rings. The quantitative estimate of drug-likeness (QED) is 0.783. The summed E-state index contributed by atoms with van der Waals surface area (Å²) in [5, 5.41) is 0. The van der Waals surface area contributed by atoms with E-state index in [2.05, 4.69) is 11.6 Å². The van der Waals surface area contributed by atoms with Crippen molar-refractivity contribution in [2.24, 2.45) is 11.8 Å². The van der Waals surface area contributed by atoms with Gasteiger partial charge in [-0.3, -0.25) is 4.79 Å². The monoisotopic (exact) mass is 304 g/mol. The topological polar surface area (TPSA) is 75.7 Å². The second-order valence-electron chi connectivity index (χ2n) is 5.93. The molecular formula is C13H24N2O4S. The van der Waals surface area contributed by atoms with Crippen molar-refractivity contribution >= 4 is 16.2 Å². The summed E-state index contributed by atoms with van der Waals surface area (Å²) in [6, 6.07) is 0.0633. The summed E-state index contributed by atoms with van der Waals surface area (Å²) in [6.07, 6.45) is 3.98. The SMILES string of the molecule is COC(=O)C1CCN(S(=O)(=O)NC2CCC(C)C2)CC1. The summed E-state index contributed by atoms with van der Waals surface area (Å²) in [5.41, 5.74) is 0. The molecule has 1 saturated carbocycles. The molecule has 7 heteroatoms. The van der Waals surface area contributed by atoms with Crippen LogP contribution >= 0.6 is 0 Å². The first-order chi connectivity index (χ1) is 9.42. The molecule has 2 atom stereocenters. The number of methoxy groups -OCH3 is 1. The van der Waals surface area contributed by atoms with Gasteiger partial charge in [0.15, 0.2) is 0 Å². The van der Waals surface area contributed by atoms with E-state index < -0.39 is 10.2 Å². The third-order valence-corrected chi connectivity index (χ3v) is 6.01. The van der Waals surface area contributed by atoms with E-state index in [1.165, 1.54) is 11.4 Å². The van der Waals surface area contributed by atoms with Gasteiger partial charge in [0.1, 0.15) is 0 Å². The number of ether oxygens (including phenoxy) is 1. The van der Waals surface area contributed by atoms with Crippen LogP contribution in [0.1, 0.15) is 39.0 Å². The Morgan fingerprint density at radius 1 is 1.20 bits per heavy atom. The second-order valence-corrected chi connectivity index (χ2v) is 7.64. The average molecular weight is 304 g/mol. The van der Waals surface area contributed by atoms with E-state index in [1.54, 1.807) is 0 Å². The summed E-state index contributed by atoms with van der Waals surface area (Å²) >= 11 is 0. The Morgan fingerprint density at radius 3 is 2.35 bits per heavy atom. The molecule has 2 unspecified atom stereocenters. The van der Waals surface area contributed by atoms with Gasteiger partial charge in [-0.2, -0.15) is 17.4 Å². The van der Waals surface area contributed by atoms with Gasteiger partial charge < -0.3 is 4.74 Å². The Labute approximate surface area is 121 Å². The molecular weight excluding hydrogens is 280 g/mol. The lowest BCUT2D eigenvalue weighted by atomic mass is 9.99. The Kier molecular flexibility index (Phi) is 5.04. The fraction of sp³-hybridized carbons (Fsp3) is 0.923. The Balaban J connectivity index is 1.87. The predicted octanol–water partition coefficient (Wildman–Crippen LogP) is 0.894. The number of carbonyl (C=O) groups excluding carboxylic acids is 1. The molecule has 2 rings (SSSR count). The molecule has 0 aromatic carbocycles. The van der Waals surface area contributed by atoms with Crippen molar-refractivity contribution in [1.29, 1.82) is 0 Å². The van der Waals surface area contributed by atoms with Gasteiger partial charge in [-0.05, 0) is 38.0 Å². The van der Waals surface area contributed by atoms with E-state index in [1.807, 2.05) is 0 Å². The molecule has 116 valence electrons. The summed E-state index contributed by atoms with van der Waals surface area (Å²) < 4.78 is 33.5. The van der Waals surface area contributed by atoms with E-state index in [-0.39, 0.29) is 17.9 Å². The maximum absolute atomic E-state index is 12.3. The number of esters is 1. The number of nitrogens with zero attached hydrogens (tertiary/aromatic N) is 1. The molecule has 0 amide bonds. The van der Waals surface area contributed by atoms with Crippen LogP contribution in [0.15, 0.2) is 0 Å². The lowest BCUT2D eigenvalue weighted by molar-refractivity contribution is -0.146. The molecule has 1 saturated heterocycles. The molecule has 0 radical (unpaired) electrons. The lowest BCUT2D eigenvalue weighted by Gasteiger charge is -2.30. The number of rotatable bonds is 4. The van der Waals surface area contributed by atoms with Gasteiger partial charge in [0.2, 0.25) is 0 Å². The van der Waals surface area contributed by atoms with E-state index in [0.29, 0.717) is 31.8 Å². The van der Waals surface area contributed by atoms with Crippen molar-refractivity contribution in [3.05, 3.63) is 0 Å². The number of hydrogen-bond donors (Lipinski definition) is 1. The molecule has 1 N–H and O–H groups in total. The van der Waals surface area contributed by atoms with Crippen LogP contribution in [0, 0.1) is 11.8 Å². The van der Waals surface area contributed by atoms with Gasteiger partial charge in [-0.1, -0.05) is 6.92 Å². The Bertz CT molecular complexity index is 443. The minimum Gasteiger partial charge on any atom is -0.469 e. The fourth-order valence-corrected chi connectivity index (χ4v) is 4.57. The Morgan fingerprint density at radius 2 is 1.85 bits per heavy atom. The number of hydrogen-bond acceptors (Lipinski definition) is 4. The van der Waals surface area contributed by atoms with Crippen molar-refractivity contribution in [1.82, 2.24) is 9.03 Å². The third kappa shape index (κ3) is 3.71. The van der Waals surface area contributed by atoms with E-state index in [4.69, 9.17) is 4.74 Å². The highest BCUT2D eigenvalue weighted by Gasteiger charge is 2.34. The summed E-state index contributed by atoms with van der Waals surface area (Å²) in [6.45, 7) is 2.92. The maximum Gasteiger partial charge on any atom is 0.308 e. The Hall–Kier alpha value is -0.660. The van der Waals surface area contributed by atoms with Gasteiger partial charge in [0, 0.05) is 19.1 Å². The molecule has 1 aliphatic carbocycles. The highest BCUT2D eigenvalue weighted by molar-refractivity contribution is 7.87. The zero-order valence-corrected chi connectivity index (χ0v) is 13.0. The molecule has 0 bridgehead atoms. The molecule has 2 fully saturated rings. The van der Waals surface area contributed by atoms with Crippen molar-refractivity contribution in [2.45, 2.75) is 45.1 Å². The van der Waals surface area contributed by atoms with Crippen molar-refractivity contribution in [3.8, 4) is 0 Å². The molecule has 2 aliphatic rings. The van der Waals surface area contributed by atoms with Crippen molar-refractivity contribution in [3.63, 3.8) is 0 Å². The smallest absolute Gasteiger partial charge is 0.308 e. The largest absolute Gasteiger partial charge is 0.469 e. The molecule has 6 nitrogen and oxygen atoms in total. The predicted molar refractivity (Wildman–Crippen MR) is 75.2 cm³/mol. The standard InChI is InChI=1S/C13H24N2O4S/c1-10-3-4-12(9-10)14-20(17,18)15-7-5-11(6-8-15)13(16)19-2/h10-12,14H,3-9H2,1-2H3. The number of carbonyl (C=O) groups is 1. The first-order valence-corrected chi connectivity index (χ1v) is 8.71. The van der Waals surface area contributed by atoms with Gasteiger partial charge in [-0.25, -0.2) is 0 Å². The molecule has 1 heterocycles. The van der Waals surface area contributed by atoms with E-state index >= 15 is 0 Å². The molecule has 1 aliphatic heterocycles. The first-order valence-electron chi connectivity index (χ1n) is 7.27. The van der Waals surface area contributed by atoms with Crippen LogP contribution in [0.4, 0.5) is 0 Å². The molecule has 0 spiro atoms. The summed E-state index contributed by atoms with van der Waals surface area (Å²) in [5.74, 6) is 0.185. The number of nitrogens with one attached hydrogen (secondary N) is 1. The average Bonchev–Trinajstić information content (AvgIpc) is 2.82. The lowest BCUT2D eigenvalue weighted by Crippen LogP contribution is -2.48. The van der Waals surface area contributed by atoms with Gasteiger partial charge in [0.05, 0.1) is 13.0 Å². The molecule has 20 heavy (non-hydrogen) atoms. The molecule has 0 aromatic heterocycles. The van der Waals surface area contributed by atoms with Gasteiger partial charge >= 0.3 is 5.97 Å². The zero-order valence-electron chi connectivity index (χ0n) is 12.2. The van der Waals surface area contributed by atoms with E-state index in [0.717, 1.165) is 19.3 Å². The third-order valence-electron chi connectivity index (χ3n) is 4.34. The zero-order chi connectivity index (χ0) is 14.8. The first kappa shape index (κ1) is 15.7. The van der Waals surface area contributed by atoms with Crippen molar-refractivity contribution < 1.29 is 17.9 Å². The normalized spacial score (nSPS) is 29.5. The van der Waals surface area contributed by atoms with Crippen LogP contribution < -0.4 is 4.72 Å². The highest BCUT2D eigenvalue weighted by Crippen LogP contribution is 2.26. The fourth-order valence-electron chi connectivity index (χ4n) is 3.10. The van der Waals surface area contributed by atoms with Crippen LogP contribution in [0.3, 0.4) is 0 Å². The van der Waals surface area contributed by atoms with Crippen LogP contribution in [0.5, 0.6) is 0 Å². The summed E-state index contributed by atoms with van der Waals surface area (Å²) in [4.78, 5) is 11.4.